The lowest BCUT2D eigenvalue weighted by molar-refractivity contribution is -0.383. The number of fused-ring (bicyclic) bond motifs is 3. The molecule has 6 nitrogen and oxygen atoms in total. The van der Waals surface area contributed by atoms with E-state index >= 15 is 4.39 Å². The first-order chi connectivity index (χ1) is 16.8. The average Bonchev–Trinajstić information content (AvgIpc) is 2.85. The second kappa shape index (κ2) is 9.72. The highest BCUT2D eigenvalue weighted by Crippen LogP contribution is 2.57. The molecule has 0 amide bonds. The summed E-state index contributed by atoms with van der Waals surface area (Å²) < 4.78 is 108. The maximum atomic E-state index is 15.8. The standard InChI is InChI=1S/C24H25F6NO5/c1-6-7-10-31-19-17(34-3)12-16(22(25,23(26,27)28)24(29,30)36-5)20(35-4)18(19)14-9-8-13(33-2)11-15(14)21(31)32/h8-9,11-12H,6-7,10H2,1-5H3. The summed E-state index contributed by atoms with van der Waals surface area (Å²) in [5, 5.41) is -0.172. The van der Waals surface area contributed by atoms with E-state index in [4.69, 9.17) is 14.2 Å². The van der Waals surface area contributed by atoms with Gasteiger partial charge in [-0.2, -0.15) is 22.0 Å². The number of hydrogen-bond acceptors (Lipinski definition) is 5. The molecule has 0 N–H and O–H groups in total. The topological polar surface area (TPSA) is 58.9 Å². The highest BCUT2D eigenvalue weighted by Gasteiger charge is 2.74. The van der Waals surface area contributed by atoms with Gasteiger partial charge in [0.1, 0.15) is 17.2 Å². The monoisotopic (exact) mass is 521 g/mol. The first kappa shape index (κ1) is 27.4. The van der Waals surface area contributed by atoms with Gasteiger partial charge in [-0.25, -0.2) is 4.39 Å². The number of unbranched alkanes of at least 4 members (excludes halogenated alkanes) is 1. The van der Waals surface area contributed by atoms with Gasteiger partial charge in [0, 0.05) is 19.0 Å². The Morgan fingerprint density at radius 3 is 2.06 bits per heavy atom. The molecule has 1 atom stereocenters. The lowest BCUT2D eigenvalue weighted by Crippen LogP contribution is -2.53. The molecule has 0 bridgehead atoms. The fourth-order valence-electron chi connectivity index (χ4n) is 4.21. The Morgan fingerprint density at radius 2 is 1.56 bits per heavy atom. The normalized spacial score (nSPS) is 14.2. The van der Waals surface area contributed by atoms with Gasteiger partial charge in [-0.1, -0.05) is 13.3 Å². The number of benzene rings is 2. The molecular formula is C24H25F6NO5. The van der Waals surface area contributed by atoms with E-state index in [-0.39, 0.29) is 41.1 Å². The summed E-state index contributed by atoms with van der Waals surface area (Å²) in [6.07, 6.45) is -10.3. The molecular weight excluding hydrogens is 496 g/mol. The van der Waals surface area contributed by atoms with E-state index in [9.17, 15) is 26.7 Å². The molecule has 1 aromatic heterocycles. The summed E-state index contributed by atoms with van der Waals surface area (Å²) in [4.78, 5) is 13.4. The number of ether oxygens (including phenoxy) is 4. The highest BCUT2D eigenvalue weighted by molar-refractivity contribution is 6.11. The quantitative estimate of drug-likeness (QED) is 0.258. The van der Waals surface area contributed by atoms with Crippen LogP contribution in [0.5, 0.6) is 17.2 Å². The summed E-state index contributed by atoms with van der Waals surface area (Å²) in [6, 6.07) is 4.61. The van der Waals surface area contributed by atoms with Crippen molar-refractivity contribution in [3.05, 3.63) is 40.2 Å². The Labute approximate surface area is 202 Å². The van der Waals surface area contributed by atoms with E-state index in [0.29, 0.717) is 18.9 Å². The maximum Gasteiger partial charge on any atom is 0.435 e. The van der Waals surface area contributed by atoms with Crippen molar-refractivity contribution in [1.29, 1.82) is 0 Å². The third-order valence-corrected chi connectivity index (χ3v) is 6.04. The Balaban J connectivity index is 2.70. The van der Waals surface area contributed by atoms with Crippen molar-refractivity contribution < 1.29 is 45.3 Å². The molecule has 2 aromatic carbocycles. The first-order valence-corrected chi connectivity index (χ1v) is 10.8. The van der Waals surface area contributed by atoms with Crippen molar-refractivity contribution in [3.8, 4) is 17.2 Å². The molecule has 0 saturated carbocycles. The minimum absolute atomic E-state index is 0.00502. The van der Waals surface area contributed by atoms with Crippen molar-refractivity contribution >= 4 is 21.7 Å². The molecule has 0 aliphatic heterocycles. The van der Waals surface area contributed by atoms with Crippen LogP contribution in [0.2, 0.25) is 0 Å². The van der Waals surface area contributed by atoms with E-state index in [2.05, 4.69) is 4.74 Å². The molecule has 0 fully saturated rings. The third kappa shape index (κ3) is 4.00. The third-order valence-electron chi connectivity index (χ3n) is 6.04. The molecule has 1 heterocycles. The van der Waals surface area contributed by atoms with Crippen molar-refractivity contribution in [2.45, 2.75) is 44.3 Å². The molecule has 0 radical (unpaired) electrons. The number of alkyl halides is 6. The van der Waals surface area contributed by atoms with E-state index in [0.717, 1.165) is 14.2 Å². The molecule has 0 aliphatic carbocycles. The number of hydrogen-bond donors (Lipinski definition) is 0. The fourth-order valence-corrected chi connectivity index (χ4v) is 4.21. The van der Waals surface area contributed by atoms with Crippen LogP contribution in [0, 0.1) is 0 Å². The predicted molar refractivity (Wildman–Crippen MR) is 121 cm³/mol. The van der Waals surface area contributed by atoms with Crippen LogP contribution in [0.15, 0.2) is 29.1 Å². The van der Waals surface area contributed by atoms with Gasteiger partial charge in [0.05, 0.1) is 43.2 Å². The van der Waals surface area contributed by atoms with Crippen LogP contribution in [-0.4, -0.2) is 45.3 Å². The molecule has 0 spiro atoms. The first-order valence-electron chi connectivity index (χ1n) is 10.8. The number of nitrogens with zero attached hydrogens (tertiary/aromatic N) is 1. The number of aryl methyl sites for hydroxylation is 1. The minimum Gasteiger partial charge on any atom is -0.497 e. The van der Waals surface area contributed by atoms with Crippen LogP contribution in [0.3, 0.4) is 0 Å². The van der Waals surface area contributed by atoms with Gasteiger partial charge in [-0.3, -0.25) is 4.79 Å². The molecule has 198 valence electrons. The molecule has 3 aromatic rings. The SMILES string of the molecule is CCCCn1c(=O)c2cc(OC)ccc2c2c(OC)c(C(F)(C(F)(F)F)C(F)(F)OC)cc(OC)c21. The minimum atomic E-state index is -6.13. The summed E-state index contributed by atoms with van der Waals surface area (Å²) >= 11 is 0. The van der Waals surface area contributed by atoms with Crippen molar-refractivity contribution in [2.24, 2.45) is 0 Å². The number of aromatic nitrogens is 1. The van der Waals surface area contributed by atoms with Gasteiger partial charge in [0.2, 0.25) is 0 Å². The number of methoxy groups -OCH3 is 4. The zero-order valence-electron chi connectivity index (χ0n) is 20.2. The van der Waals surface area contributed by atoms with Crippen LogP contribution in [0.1, 0.15) is 25.3 Å². The lowest BCUT2D eigenvalue weighted by atomic mass is 9.89. The Morgan fingerprint density at radius 1 is 0.889 bits per heavy atom. The van der Waals surface area contributed by atoms with Crippen LogP contribution in [-0.2, 0) is 17.0 Å². The fraction of sp³-hybridized carbons (Fsp3) is 0.458. The Kier molecular flexibility index (Phi) is 7.41. The molecule has 12 heteroatoms. The number of halogens is 6. The molecule has 0 aliphatic rings. The molecule has 36 heavy (non-hydrogen) atoms. The zero-order chi connectivity index (χ0) is 27.1. The smallest absolute Gasteiger partial charge is 0.435 e. The summed E-state index contributed by atoms with van der Waals surface area (Å²) in [5.41, 5.74) is -7.45. The van der Waals surface area contributed by atoms with Gasteiger partial charge >= 0.3 is 18.0 Å². The highest BCUT2D eigenvalue weighted by atomic mass is 19.4. The van der Waals surface area contributed by atoms with Crippen LogP contribution in [0.4, 0.5) is 26.3 Å². The van der Waals surface area contributed by atoms with Gasteiger partial charge in [-0.15, -0.1) is 0 Å². The summed E-state index contributed by atoms with van der Waals surface area (Å²) in [7, 11) is 3.60. The van der Waals surface area contributed by atoms with Crippen molar-refractivity contribution in [3.63, 3.8) is 0 Å². The van der Waals surface area contributed by atoms with Crippen molar-refractivity contribution in [2.75, 3.05) is 28.4 Å². The van der Waals surface area contributed by atoms with E-state index in [1.807, 2.05) is 6.92 Å². The Bertz CT molecular complexity index is 1340. The average molecular weight is 521 g/mol. The van der Waals surface area contributed by atoms with E-state index < -0.39 is 40.6 Å². The second-order valence-electron chi connectivity index (χ2n) is 7.98. The second-order valence-corrected chi connectivity index (χ2v) is 7.98. The molecule has 3 rings (SSSR count). The largest absolute Gasteiger partial charge is 0.497 e. The van der Waals surface area contributed by atoms with Gasteiger partial charge < -0.3 is 23.5 Å². The predicted octanol–water partition coefficient (Wildman–Crippen LogP) is 5.95. The zero-order valence-corrected chi connectivity index (χ0v) is 20.2. The summed E-state index contributed by atoms with van der Waals surface area (Å²) in [5.74, 6) is -1.00. The van der Waals surface area contributed by atoms with E-state index in [1.165, 1.54) is 29.9 Å². The molecule has 1 unspecified atom stereocenters. The van der Waals surface area contributed by atoms with Crippen LogP contribution < -0.4 is 19.8 Å². The number of rotatable bonds is 9. The van der Waals surface area contributed by atoms with Gasteiger partial charge in [0.25, 0.3) is 5.56 Å². The molecule has 0 saturated heterocycles. The van der Waals surface area contributed by atoms with E-state index in [1.54, 1.807) is 0 Å². The van der Waals surface area contributed by atoms with Gasteiger partial charge in [0.15, 0.2) is 0 Å². The lowest BCUT2D eigenvalue weighted by Gasteiger charge is -2.35. The van der Waals surface area contributed by atoms with Crippen LogP contribution in [0.25, 0.3) is 21.7 Å². The van der Waals surface area contributed by atoms with Crippen LogP contribution >= 0.6 is 0 Å². The van der Waals surface area contributed by atoms with Crippen molar-refractivity contribution in [1.82, 2.24) is 4.57 Å². The summed E-state index contributed by atoms with van der Waals surface area (Å²) in [6.45, 7) is 1.98. The van der Waals surface area contributed by atoms with Gasteiger partial charge in [-0.05, 0) is 30.7 Å². The number of pyridine rings is 1. The Hall–Kier alpha value is -3.15. The maximum absolute atomic E-state index is 15.8.